The molecule has 0 spiro atoms. The van der Waals surface area contributed by atoms with Gasteiger partial charge in [0.1, 0.15) is 6.04 Å². The Labute approximate surface area is 181 Å². The van der Waals surface area contributed by atoms with E-state index in [9.17, 15) is 19.2 Å². The Kier molecular flexibility index (Phi) is 6.68. The van der Waals surface area contributed by atoms with Crippen LogP contribution in [-0.4, -0.2) is 46.9 Å². The molecule has 0 radical (unpaired) electrons. The van der Waals surface area contributed by atoms with Crippen LogP contribution in [0.4, 0.5) is 9.93 Å². The number of nitrogens with zero attached hydrogens (tertiary/aromatic N) is 2. The molecule has 3 rings (SSSR count). The molecule has 11 heteroatoms. The summed E-state index contributed by atoms with van der Waals surface area (Å²) in [6.07, 6.45) is 0.118. The lowest BCUT2D eigenvalue weighted by Crippen LogP contribution is -2.31. The Morgan fingerprint density at radius 1 is 1.33 bits per heavy atom. The van der Waals surface area contributed by atoms with Crippen molar-refractivity contribution in [3.05, 3.63) is 45.4 Å². The number of carbonyl (C=O) groups excluding carboxylic acids is 4. The van der Waals surface area contributed by atoms with Crippen molar-refractivity contribution in [3.63, 3.8) is 0 Å². The van der Waals surface area contributed by atoms with Crippen LogP contribution >= 0.6 is 22.9 Å². The molecule has 9 nitrogen and oxygen atoms in total. The molecule has 1 aliphatic heterocycles. The van der Waals surface area contributed by atoms with E-state index < -0.39 is 23.9 Å². The number of halogens is 1. The largest absolute Gasteiger partial charge is 0.464 e. The average molecular weight is 451 g/mol. The van der Waals surface area contributed by atoms with Gasteiger partial charge in [-0.05, 0) is 25.0 Å². The van der Waals surface area contributed by atoms with Crippen LogP contribution < -0.4 is 10.6 Å². The quantitative estimate of drug-likeness (QED) is 0.494. The fourth-order valence-electron chi connectivity index (χ4n) is 2.91. The van der Waals surface area contributed by atoms with Crippen LogP contribution in [0, 0.1) is 6.92 Å². The Bertz CT molecular complexity index is 1010. The molecule has 1 atom stereocenters. The number of esters is 1. The normalized spacial score (nSPS) is 15.8. The molecule has 2 aromatic rings. The fourth-order valence-corrected chi connectivity index (χ4v) is 3.93. The van der Waals surface area contributed by atoms with Crippen LogP contribution in [0.1, 0.15) is 33.8 Å². The highest BCUT2D eigenvalue weighted by atomic mass is 35.5. The van der Waals surface area contributed by atoms with Gasteiger partial charge in [-0.1, -0.05) is 29.8 Å². The van der Waals surface area contributed by atoms with Crippen LogP contribution in [0.5, 0.6) is 0 Å². The molecule has 0 aliphatic carbocycles. The fraction of sp³-hybridized carbons (Fsp3) is 0.316. The SMILES string of the molecule is COC(=O)c1nc(NC(=O)CCC2NC(=O)N(Cc3ccccc3Cl)C2=O)sc1C. The van der Waals surface area contributed by atoms with Gasteiger partial charge in [-0.3, -0.25) is 14.5 Å². The molecule has 2 N–H and O–H groups in total. The zero-order chi connectivity index (χ0) is 21.8. The number of hydrogen-bond acceptors (Lipinski definition) is 7. The van der Waals surface area contributed by atoms with Crippen molar-refractivity contribution >= 4 is 51.9 Å². The molecular weight excluding hydrogens is 432 g/mol. The summed E-state index contributed by atoms with van der Waals surface area (Å²) in [6, 6.07) is 5.63. The van der Waals surface area contributed by atoms with E-state index in [4.69, 9.17) is 11.6 Å². The van der Waals surface area contributed by atoms with E-state index in [1.165, 1.54) is 7.11 Å². The first kappa shape index (κ1) is 21.7. The predicted octanol–water partition coefficient (Wildman–Crippen LogP) is 2.73. The van der Waals surface area contributed by atoms with Gasteiger partial charge in [-0.25, -0.2) is 14.6 Å². The van der Waals surface area contributed by atoms with Crippen molar-refractivity contribution in [2.75, 3.05) is 12.4 Å². The van der Waals surface area contributed by atoms with Crippen LogP contribution in [0.25, 0.3) is 0 Å². The van der Waals surface area contributed by atoms with Crippen LogP contribution in [0.2, 0.25) is 5.02 Å². The minimum absolute atomic E-state index is 0.0111. The number of amides is 4. The van der Waals surface area contributed by atoms with E-state index in [-0.39, 0.29) is 36.1 Å². The third kappa shape index (κ3) is 4.77. The summed E-state index contributed by atoms with van der Waals surface area (Å²) in [5, 5.41) is 5.91. The van der Waals surface area contributed by atoms with E-state index in [0.29, 0.717) is 15.5 Å². The van der Waals surface area contributed by atoms with Gasteiger partial charge >= 0.3 is 12.0 Å². The summed E-state index contributed by atoms with van der Waals surface area (Å²) in [4.78, 5) is 54.3. The highest BCUT2D eigenvalue weighted by Gasteiger charge is 2.38. The molecule has 1 aromatic carbocycles. The monoisotopic (exact) mass is 450 g/mol. The zero-order valence-electron chi connectivity index (χ0n) is 16.2. The minimum Gasteiger partial charge on any atom is -0.464 e. The highest BCUT2D eigenvalue weighted by Crippen LogP contribution is 2.24. The predicted molar refractivity (Wildman–Crippen MR) is 110 cm³/mol. The van der Waals surface area contributed by atoms with Gasteiger partial charge in [0.2, 0.25) is 5.91 Å². The van der Waals surface area contributed by atoms with Crippen molar-refractivity contribution in [2.24, 2.45) is 0 Å². The van der Waals surface area contributed by atoms with Gasteiger partial charge in [0.25, 0.3) is 5.91 Å². The van der Waals surface area contributed by atoms with Crippen molar-refractivity contribution in [3.8, 4) is 0 Å². The molecule has 1 unspecified atom stereocenters. The molecule has 4 amide bonds. The van der Waals surface area contributed by atoms with Crippen LogP contribution in [-0.2, 0) is 20.9 Å². The maximum absolute atomic E-state index is 12.6. The molecule has 30 heavy (non-hydrogen) atoms. The Balaban J connectivity index is 1.55. The lowest BCUT2D eigenvalue weighted by Gasteiger charge is -2.14. The number of rotatable bonds is 7. The average Bonchev–Trinajstić information content (AvgIpc) is 3.21. The first-order valence-electron chi connectivity index (χ1n) is 9.01. The van der Waals surface area contributed by atoms with Gasteiger partial charge in [0.15, 0.2) is 10.8 Å². The number of thiazole rings is 1. The molecule has 1 fully saturated rings. The van der Waals surface area contributed by atoms with E-state index in [1.54, 1.807) is 31.2 Å². The summed E-state index contributed by atoms with van der Waals surface area (Å²) in [5.41, 5.74) is 0.799. The maximum atomic E-state index is 12.6. The second kappa shape index (κ2) is 9.23. The van der Waals surface area contributed by atoms with Crippen LogP contribution in [0.3, 0.4) is 0 Å². The second-order valence-electron chi connectivity index (χ2n) is 6.52. The molecule has 158 valence electrons. The number of benzene rings is 1. The third-order valence-corrected chi connectivity index (χ3v) is 5.73. The molecule has 1 aliphatic rings. The Morgan fingerprint density at radius 3 is 2.77 bits per heavy atom. The number of methoxy groups -OCH3 is 1. The van der Waals surface area contributed by atoms with Gasteiger partial charge in [-0.2, -0.15) is 0 Å². The second-order valence-corrected chi connectivity index (χ2v) is 8.13. The number of imide groups is 1. The van der Waals surface area contributed by atoms with E-state index in [0.717, 1.165) is 16.2 Å². The van der Waals surface area contributed by atoms with Gasteiger partial charge in [-0.15, -0.1) is 11.3 Å². The standard InChI is InChI=1S/C19H19ClN4O5S/c1-10-15(17(27)29-2)23-18(30-10)22-14(25)8-7-13-16(26)24(19(28)21-13)9-11-5-3-4-6-12(11)20/h3-6,13H,7-9H2,1-2H3,(H,21,28)(H,22,23,25). The van der Waals surface area contributed by atoms with E-state index in [1.807, 2.05) is 0 Å². The molecule has 0 saturated carbocycles. The van der Waals surface area contributed by atoms with Gasteiger partial charge < -0.3 is 15.4 Å². The number of aryl methyl sites for hydroxylation is 1. The van der Waals surface area contributed by atoms with E-state index in [2.05, 4.69) is 20.4 Å². The van der Waals surface area contributed by atoms with Gasteiger partial charge in [0.05, 0.1) is 13.7 Å². The molecule has 2 heterocycles. The van der Waals surface area contributed by atoms with Gasteiger partial charge in [0, 0.05) is 16.3 Å². The topological polar surface area (TPSA) is 118 Å². The lowest BCUT2D eigenvalue weighted by molar-refractivity contribution is -0.128. The number of aromatic nitrogens is 1. The van der Waals surface area contributed by atoms with Crippen molar-refractivity contribution < 1.29 is 23.9 Å². The number of urea groups is 1. The molecule has 0 bridgehead atoms. The molecule has 1 aromatic heterocycles. The third-order valence-electron chi connectivity index (χ3n) is 4.48. The van der Waals surface area contributed by atoms with Crippen LogP contribution in [0.15, 0.2) is 24.3 Å². The van der Waals surface area contributed by atoms with Crippen molar-refractivity contribution in [1.82, 2.24) is 15.2 Å². The lowest BCUT2D eigenvalue weighted by atomic mass is 10.1. The Hall–Kier alpha value is -2.98. The summed E-state index contributed by atoms with van der Waals surface area (Å²) in [5.74, 6) is -1.38. The first-order valence-corrected chi connectivity index (χ1v) is 10.2. The smallest absolute Gasteiger partial charge is 0.357 e. The van der Waals surface area contributed by atoms with E-state index >= 15 is 0 Å². The van der Waals surface area contributed by atoms with Crippen molar-refractivity contribution in [1.29, 1.82) is 0 Å². The summed E-state index contributed by atoms with van der Waals surface area (Å²) >= 11 is 7.25. The number of hydrogen-bond donors (Lipinski definition) is 2. The molecular formula is C19H19ClN4O5S. The number of carbonyl (C=O) groups is 4. The first-order chi connectivity index (χ1) is 14.3. The summed E-state index contributed by atoms with van der Waals surface area (Å²) in [6.45, 7) is 1.75. The zero-order valence-corrected chi connectivity index (χ0v) is 17.8. The van der Waals surface area contributed by atoms with Crippen molar-refractivity contribution in [2.45, 2.75) is 32.4 Å². The minimum atomic E-state index is -0.797. The Morgan fingerprint density at radius 2 is 2.07 bits per heavy atom. The highest BCUT2D eigenvalue weighted by molar-refractivity contribution is 7.16. The molecule has 1 saturated heterocycles. The number of nitrogens with one attached hydrogen (secondary N) is 2. The number of anilines is 1. The number of ether oxygens (including phenoxy) is 1. The summed E-state index contributed by atoms with van der Waals surface area (Å²) < 4.78 is 4.63. The maximum Gasteiger partial charge on any atom is 0.357 e. The summed E-state index contributed by atoms with van der Waals surface area (Å²) in [7, 11) is 1.25.